The molecule has 1 amide bonds. The lowest BCUT2D eigenvalue weighted by Gasteiger charge is -2.37. The number of aromatic nitrogens is 1. The molecular formula is C20H26BN3O3. The molecule has 0 saturated carbocycles. The van der Waals surface area contributed by atoms with E-state index in [0.29, 0.717) is 31.6 Å². The standard InChI is InChI=1S/C20H26BN3O3/c1-20(2,3)27-19(26)23-13-11-22(12-14-23)16-9-10-24(18(25)17(16)21)15-7-5-4-6-8-15/h4-10H,11-14,21H2,1-3H3. The maximum atomic E-state index is 12.8. The van der Waals surface area contributed by atoms with Gasteiger partial charge in [-0.2, -0.15) is 0 Å². The first-order valence-corrected chi connectivity index (χ1v) is 9.27. The molecule has 0 radical (unpaired) electrons. The van der Waals surface area contributed by atoms with E-state index in [-0.39, 0.29) is 11.7 Å². The number of nitrogens with zero attached hydrogens (tertiary/aromatic N) is 3. The van der Waals surface area contributed by atoms with Gasteiger partial charge in [0.1, 0.15) is 13.4 Å². The zero-order chi connectivity index (χ0) is 19.6. The zero-order valence-corrected chi connectivity index (χ0v) is 16.4. The lowest BCUT2D eigenvalue weighted by molar-refractivity contribution is 0.0240. The predicted molar refractivity (Wildman–Crippen MR) is 110 cm³/mol. The van der Waals surface area contributed by atoms with Crippen LogP contribution in [0.3, 0.4) is 0 Å². The lowest BCUT2D eigenvalue weighted by atomic mass is 9.94. The van der Waals surface area contributed by atoms with E-state index in [9.17, 15) is 9.59 Å². The summed E-state index contributed by atoms with van der Waals surface area (Å²) >= 11 is 0. The van der Waals surface area contributed by atoms with E-state index in [4.69, 9.17) is 4.74 Å². The third kappa shape index (κ3) is 4.35. The van der Waals surface area contributed by atoms with Crippen molar-refractivity contribution in [1.82, 2.24) is 9.47 Å². The third-order valence-electron chi connectivity index (χ3n) is 4.61. The molecule has 1 aliphatic heterocycles. The number of rotatable bonds is 2. The van der Waals surface area contributed by atoms with E-state index >= 15 is 0 Å². The minimum atomic E-state index is -0.493. The molecule has 3 rings (SSSR count). The Balaban J connectivity index is 1.73. The third-order valence-corrected chi connectivity index (χ3v) is 4.61. The molecular weight excluding hydrogens is 341 g/mol. The highest BCUT2D eigenvalue weighted by Gasteiger charge is 2.26. The minimum Gasteiger partial charge on any atom is -0.444 e. The van der Waals surface area contributed by atoms with Crippen molar-refractivity contribution < 1.29 is 9.53 Å². The smallest absolute Gasteiger partial charge is 0.410 e. The van der Waals surface area contributed by atoms with Crippen molar-refractivity contribution in [2.45, 2.75) is 26.4 Å². The van der Waals surface area contributed by atoms with Crippen molar-refractivity contribution in [1.29, 1.82) is 0 Å². The van der Waals surface area contributed by atoms with Crippen molar-refractivity contribution >= 4 is 25.1 Å². The summed E-state index contributed by atoms with van der Waals surface area (Å²) in [6, 6.07) is 11.6. The summed E-state index contributed by atoms with van der Waals surface area (Å²) in [4.78, 5) is 28.9. The van der Waals surface area contributed by atoms with Gasteiger partial charge in [-0.15, -0.1) is 0 Å². The van der Waals surface area contributed by atoms with Gasteiger partial charge in [0.15, 0.2) is 0 Å². The number of anilines is 1. The Morgan fingerprint density at radius 2 is 1.67 bits per heavy atom. The summed E-state index contributed by atoms with van der Waals surface area (Å²) in [6.07, 6.45) is 1.54. The molecule has 0 spiro atoms. The minimum absolute atomic E-state index is 0.0201. The Hall–Kier alpha value is -2.70. The van der Waals surface area contributed by atoms with Crippen molar-refractivity contribution in [3.05, 3.63) is 52.9 Å². The second-order valence-electron chi connectivity index (χ2n) is 7.79. The molecule has 0 unspecified atom stereocenters. The highest BCUT2D eigenvalue weighted by molar-refractivity contribution is 6.35. The summed E-state index contributed by atoms with van der Waals surface area (Å²) < 4.78 is 7.10. The number of pyridine rings is 1. The summed E-state index contributed by atoms with van der Waals surface area (Å²) in [5.41, 5.74) is 1.98. The van der Waals surface area contributed by atoms with Crippen LogP contribution in [0, 0.1) is 0 Å². The van der Waals surface area contributed by atoms with Crippen LogP contribution in [0.1, 0.15) is 20.8 Å². The second-order valence-corrected chi connectivity index (χ2v) is 7.79. The molecule has 0 aliphatic carbocycles. The maximum absolute atomic E-state index is 12.8. The topological polar surface area (TPSA) is 54.8 Å². The van der Waals surface area contributed by atoms with Gasteiger partial charge in [0, 0.05) is 43.8 Å². The van der Waals surface area contributed by atoms with E-state index < -0.39 is 5.60 Å². The van der Waals surface area contributed by atoms with Crippen LogP contribution in [0.25, 0.3) is 5.69 Å². The molecule has 2 aromatic rings. The van der Waals surface area contributed by atoms with Crippen molar-refractivity contribution in [2.24, 2.45) is 0 Å². The first-order valence-electron chi connectivity index (χ1n) is 9.27. The summed E-state index contributed by atoms with van der Waals surface area (Å²) in [5.74, 6) is 0. The van der Waals surface area contributed by atoms with Crippen LogP contribution in [0.5, 0.6) is 0 Å². The van der Waals surface area contributed by atoms with Gasteiger partial charge in [-0.05, 0) is 44.4 Å². The fraction of sp³-hybridized carbons (Fsp3) is 0.400. The summed E-state index contributed by atoms with van der Waals surface area (Å²) in [6.45, 7) is 8.11. The Bertz CT molecular complexity index is 866. The Labute approximate surface area is 160 Å². The van der Waals surface area contributed by atoms with Gasteiger partial charge in [-0.1, -0.05) is 18.2 Å². The number of carbonyl (C=O) groups excluding carboxylic acids is 1. The molecule has 7 heteroatoms. The monoisotopic (exact) mass is 367 g/mol. The highest BCUT2D eigenvalue weighted by atomic mass is 16.6. The van der Waals surface area contributed by atoms with Gasteiger partial charge in [-0.3, -0.25) is 9.36 Å². The number of hydrogen-bond acceptors (Lipinski definition) is 4. The van der Waals surface area contributed by atoms with Crippen LogP contribution >= 0.6 is 0 Å². The van der Waals surface area contributed by atoms with Crippen molar-refractivity contribution in [3.8, 4) is 5.69 Å². The summed E-state index contributed by atoms with van der Waals surface area (Å²) in [7, 11) is 1.86. The van der Waals surface area contributed by atoms with Gasteiger partial charge in [0.05, 0.1) is 0 Å². The van der Waals surface area contributed by atoms with Crippen LogP contribution in [0.15, 0.2) is 47.4 Å². The number of hydrogen-bond donors (Lipinski definition) is 0. The number of benzene rings is 1. The normalized spacial score (nSPS) is 14.9. The SMILES string of the molecule is Bc1c(N2CCN(C(=O)OC(C)(C)C)CC2)ccn(-c2ccccc2)c1=O. The van der Waals surface area contributed by atoms with Crippen LogP contribution in [0.4, 0.5) is 10.5 Å². The van der Waals surface area contributed by atoms with E-state index in [2.05, 4.69) is 4.90 Å². The number of para-hydroxylation sites is 1. The second kappa shape index (κ2) is 7.51. The number of ether oxygens (including phenoxy) is 1. The lowest BCUT2D eigenvalue weighted by Crippen LogP contribution is -2.52. The molecule has 1 aliphatic rings. The zero-order valence-electron chi connectivity index (χ0n) is 16.4. The van der Waals surface area contributed by atoms with Crippen LogP contribution in [-0.4, -0.2) is 55.2 Å². The maximum Gasteiger partial charge on any atom is 0.410 e. The molecule has 6 nitrogen and oxygen atoms in total. The molecule has 1 aromatic heterocycles. The number of carbonyl (C=O) groups is 1. The van der Waals surface area contributed by atoms with Gasteiger partial charge in [0.2, 0.25) is 0 Å². The van der Waals surface area contributed by atoms with Gasteiger partial charge >= 0.3 is 6.09 Å². The number of piperazine rings is 1. The van der Waals surface area contributed by atoms with Gasteiger partial charge in [-0.25, -0.2) is 4.79 Å². The molecule has 27 heavy (non-hydrogen) atoms. The molecule has 1 aromatic carbocycles. The fourth-order valence-corrected chi connectivity index (χ4v) is 3.22. The molecule has 0 N–H and O–H groups in total. The van der Waals surface area contributed by atoms with E-state index in [0.717, 1.165) is 11.4 Å². The Kier molecular flexibility index (Phi) is 5.30. The molecule has 1 saturated heterocycles. The fourth-order valence-electron chi connectivity index (χ4n) is 3.22. The molecule has 2 heterocycles. The largest absolute Gasteiger partial charge is 0.444 e. The quantitative estimate of drug-likeness (QED) is 0.748. The predicted octanol–water partition coefficient (Wildman–Crippen LogP) is 1.15. The van der Waals surface area contributed by atoms with Gasteiger partial charge in [0.25, 0.3) is 5.56 Å². The van der Waals surface area contributed by atoms with Gasteiger partial charge < -0.3 is 14.5 Å². The highest BCUT2D eigenvalue weighted by Crippen LogP contribution is 2.16. The van der Waals surface area contributed by atoms with Crippen molar-refractivity contribution in [3.63, 3.8) is 0 Å². The average Bonchev–Trinajstić information content (AvgIpc) is 2.63. The summed E-state index contributed by atoms with van der Waals surface area (Å²) in [5, 5.41) is 0. The Morgan fingerprint density at radius 3 is 2.26 bits per heavy atom. The van der Waals surface area contributed by atoms with Crippen LogP contribution < -0.4 is 15.9 Å². The van der Waals surface area contributed by atoms with E-state index in [1.54, 1.807) is 9.47 Å². The first-order chi connectivity index (χ1) is 12.8. The first kappa shape index (κ1) is 19.1. The van der Waals surface area contributed by atoms with E-state index in [1.165, 1.54) is 0 Å². The number of amides is 1. The average molecular weight is 367 g/mol. The molecule has 0 atom stereocenters. The van der Waals surface area contributed by atoms with E-state index in [1.807, 2.05) is 71.2 Å². The Morgan fingerprint density at radius 1 is 1.04 bits per heavy atom. The van der Waals surface area contributed by atoms with Crippen LogP contribution in [-0.2, 0) is 4.74 Å². The molecule has 142 valence electrons. The van der Waals surface area contributed by atoms with Crippen molar-refractivity contribution in [2.75, 3.05) is 31.1 Å². The molecule has 1 fully saturated rings. The van der Waals surface area contributed by atoms with Crippen LogP contribution in [0.2, 0.25) is 0 Å². The molecule has 0 bridgehead atoms.